The van der Waals surface area contributed by atoms with E-state index in [4.69, 9.17) is 0 Å². The lowest BCUT2D eigenvalue weighted by Gasteiger charge is -2.27. The lowest BCUT2D eigenvalue weighted by atomic mass is 9.72. The van der Waals surface area contributed by atoms with Crippen LogP contribution in [0.4, 0.5) is 4.39 Å². The average molecular weight is 252 g/mol. The summed E-state index contributed by atoms with van der Waals surface area (Å²) in [5, 5.41) is 18.7. The topological polar surface area (TPSA) is 40.5 Å². The number of hydrogen-bond donors (Lipinski definition) is 2. The van der Waals surface area contributed by atoms with Crippen LogP contribution in [0.3, 0.4) is 0 Å². The highest BCUT2D eigenvalue weighted by Gasteiger charge is 2.28. The molecular weight excluding hydrogens is 230 g/mol. The zero-order chi connectivity index (χ0) is 14.3. The van der Waals surface area contributed by atoms with E-state index < -0.39 is 7.12 Å². The van der Waals surface area contributed by atoms with E-state index in [1.807, 2.05) is 41.5 Å². The molecule has 0 saturated carbocycles. The Morgan fingerprint density at radius 2 is 1.22 bits per heavy atom. The van der Waals surface area contributed by atoms with Gasteiger partial charge in [-0.25, -0.2) is 4.39 Å². The van der Waals surface area contributed by atoms with Gasteiger partial charge in [0.25, 0.3) is 0 Å². The van der Waals surface area contributed by atoms with Gasteiger partial charge in [-0.05, 0) is 27.4 Å². The monoisotopic (exact) mass is 252 g/mol. The van der Waals surface area contributed by atoms with E-state index in [-0.39, 0.29) is 16.6 Å². The molecule has 2 N–H and O–H groups in total. The summed E-state index contributed by atoms with van der Waals surface area (Å²) in [7, 11) is -1.58. The van der Waals surface area contributed by atoms with Crippen molar-refractivity contribution >= 4 is 12.6 Å². The first kappa shape index (κ1) is 15.2. The molecule has 0 aliphatic carbocycles. The largest absolute Gasteiger partial charge is 0.488 e. The van der Waals surface area contributed by atoms with E-state index in [0.29, 0.717) is 16.6 Å². The van der Waals surface area contributed by atoms with E-state index in [9.17, 15) is 14.4 Å². The molecule has 100 valence electrons. The molecular formula is C14H22BFO2. The molecule has 0 saturated heterocycles. The van der Waals surface area contributed by atoms with Crippen LogP contribution in [-0.2, 0) is 10.8 Å². The van der Waals surface area contributed by atoms with E-state index in [0.717, 1.165) is 0 Å². The molecule has 4 heteroatoms. The van der Waals surface area contributed by atoms with Crippen molar-refractivity contribution in [3.8, 4) is 0 Å². The van der Waals surface area contributed by atoms with Crippen molar-refractivity contribution in [2.24, 2.45) is 0 Å². The van der Waals surface area contributed by atoms with Gasteiger partial charge < -0.3 is 10.0 Å². The lowest BCUT2D eigenvalue weighted by molar-refractivity contribution is 0.424. The average Bonchev–Trinajstić information content (AvgIpc) is 2.13. The molecule has 1 rings (SSSR count). The zero-order valence-corrected chi connectivity index (χ0v) is 12.0. The summed E-state index contributed by atoms with van der Waals surface area (Å²) in [6.45, 7) is 11.4. The van der Waals surface area contributed by atoms with Crippen LogP contribution in [0.1, 0.15) is 52.7 Å². The van der Waals surface area contributed by atoms with Gasteiger partial charge in [-0.15, -0.1) is 0 Å². The maximum absolute atomic E-state index is 14.5. The van der Waals surface area contributed by atoms with Gasteiger partial charge in [0.2, 0.25) is 0 Å². The van der Waals surface area contributed by atoms with Gasteiger partial charge in [0.05, 0.1) is 0 Å². The van der Waals surface area contributed by atoms with Crippen molar-refractivity contribution in [2.45, 2.75) is 52.4 Å². The van der Waals surface area contributed by atoms with Crippen LogP contribution >= 0.6 is 0 Å². The molecule has 18 heavy (non-hydrogen) atoms. The molecule has 0 unspecified atom stereocenters. The van der Waals surface area contributed by atoms with Crippen LogP contribution in [-0.4, -0.2) is 17.2 Å². The first-order valence-corrected chi connectivity index (χ1v) is 6.15. The fourth-order valence-electron chi connectivity index (χ4n) is 1.89. The van der Waals surface area contributed by atoms with Gasteiger partial charge in [0, 0.05) is 0 Å². The first-order chi connectivity index (χ1) is 7.94. The third kappa shape index (κ3) is 3.12. The maximum Gasteiger partial charge on any atom is 0.488 e. The predicted octanol–water partition coefficient (Wildman–Crippen LogP) is 2.10. The summed E-state index contributed by atoms with van der Waals surface area (Å²) < 4.78 is 14.5. The van der Waals surface area contributed by atoms with Crippen LogP contribution < -0.4 is 5.46 Å². The highest BCUT2D eigenvalue weighted by molar-refractivity contribution is 6.58. The summed E-state index contributed by atoms with van der Waals surface area (Å²) in [6.07, 6.45) is 0. The minimum absolute atomic E-state index is 0.251. The van der Waals surface area contributed by atoms with Gasteiger partial charge in [0.1, 0.15) is 5.82 Å². The molecule has 0 spiro atoms. The summed E-state index contributed by atoms with van der Waals surface area (Å²) in [5.41, 5.74) is 0.603. The van der Waals surface area contributed by atoms with Crippen molar-refractivity contribution in [1.29, 1.82) is 0 Å². The summed E-state index contributed by atoms with van der Waals surface area (Å²) in [6, 6.07) is 3.07. The zero-order valence-electron chi connectivity index (χ0n) is 12.0. The number of halogens is 1. The fourth-order valence-corrected chi connectivity index (χ4v) is 1.89. The van der Waals surface area contributed by atoms with Gasteiger partial charge in [-0.2, -0.15) is 0 Å². The second-order valence-corrected chi connectivity index (χ2v) is 6.80. The Bertz CT molecular complexity index is 407. The first-order valence-electron chi connectivity index (χ1n) is 6.15. The molecule has 0 heterocycles. The SMILES string of the molecule is CC(C)(C)c1cc(B(O)O)cc(C(C)(C)C)c1F. The summed E-state index contributed by atoms with van der Waals surface area (Å²) >= 11 is 0. The molecule has 0 amide bonds. The van der Waals surface area contributed by atoms with E-state index >= 15 is 0 Å². The Balaban J connectivity index is 3.59. The highest BCUT2D eigenvalue weighted by Crippen LogP contribution is 2.31. The predicted molar refractivity (Wildman–Crippen MR) is 73.6 cm³/mol. The van der Waals surface area contributed by atoms with Crippen LogP contribution in [0.5, 0.6) is 0 Å². The van der Waals surface area contributed by atoms with Crippen molar-refractivity contribution in [3.63, 3.8) is 0 Å². The number of hydrogen-bond acceptors (Lipinski definition) is 2. The second-order valence-electron chi connectivity index (χ2n) is 6.80. The second kappa shape index (κ2) is 4.67. The number of rotatable bonds is 1. The van der Waals surface area contributed by atoms with Crippen molar-refractivity contribution in [3.05, 3.63) is 29.1 Å². The minimum Gasteiger partial charge on any atom is -0.423 e. The van der Waals surface area contributed by atoms with Gasteiger partial charge in [0.15, 0.2) is 0 Å². The fraction of sp³-hybridized carbons (Fsp3) is 0.571. The molecule has 1 aromatic rings. The Labute approximate surface area is 109 Å². The normalized spacial score (nSPS) is 12.7. The molecule has 1 aromatic carbocycles. The van der Waals surface area contributed by atoms with Gasteiger partial charge in [-0.3, -0.25) is 0 Å². The third-order valence-electron chi connectivity index (χ3n) is 3.01. The van der Waals surface area contributed by atoms with Crippen LogP contribution in [0.2, 0.25) is 0 Å². The van der Waals surface area contributed by atoms with Gasteiger partial charge in [-0.1, -0.05) is 53.7 Å². The third-order valence-corrected chi connectivity index (χ3v) is 3.01. The Morgan fingerprint density at radius 1 is 0.889 bits per heavy atom. The number of benzene rings is 1. The molecule has 0 aromatic heterocycles. The summed E-state index contributed by atoms with van der Waals surface area (Å²) in [4.78, 5) is 0. The van der Waals surface area contributed by atoms with E-state index in [2.05, 4.69) is 0 Å². The maximum atomic E-state index is 14.5. The Hall–Kier alpha value is -0.865. The van der Waals surface area contributed by atoms with Crippen molar-refractivity contribution < 1.29 is 14.4 Å². The molecule has 0 atom stereocenters. The minimum atomic E-state index is -1.58. The molecule has 0 radical (unpaired) electrons. The standard InChI is InChI=1S/C14H22BFO2/c1-13(2,3)10-7-9(15(17)18)8-11(12(10)16)14(4,5)6/h7-8,17-18H,1-6H3. The van der Waals surface area contributed by atoms with Crippen molar-refractivity contribution in [1.82, 2.24) is 0 Å². The quantitative estimate of drug-likeness (QED) is 0.751. The lowest BCUT2D eigenvalue weighted by Crippen LogP contribution is -2.34. The highest BCUT2D eigenvalue weighted by atomic mass is 19.1. The molecule has 0 aliphatic rings. The van der Waals surface area contributed by atoms with Crippen LogP contribution in [0, 0.1) is 5.82 Å². The summed E-state index contributed by atoms with van der Waals surface area (Å²) in [5.74, 6) is -0.251. The van der Waals surface area contributed by atoms with E-state index in [1.54, 1.807) is 0 Å². The molecule has 0 bridgehead atoms. The van der Waals surface area contributed by atoms with Crippen LogP contribution in [0.15, 0.2) is 12.1 Å². The molecule has 0 fully saturated rings. The van der Waals surface area contributed by atoms with Crippen molar-refractivity contribution in [2.75, 3.05) is 0 Å². The smallest absolute Gasteiger partial charge is 0.423 e. The Morgan fingerprint density at radius 3 is 1.44 bits per heavy atom. The Kier molecular flexibility index (Phi) is 3.94. The van der Waals surface area contributed by atoms with Crippen LogP contribution in [0.25, 0.3) is 0 Å². The molecule has 2 nitrogen and oxygen atoms in total. The molecule has 0 aliphatic heterocycles. The van der Waals surface area contributed by atoms with E-state index in [1.165, 1.54) is 12.1 Å². The van der Waals surface area contributed by atoms with Gasteiger partial charge >= 0.3 is 7.12 Å².